The van der Waals surface area contributed by atoms with Crippen molar-refractivity contribution in [2.75, 3.05) is 13.7 Å². The van der Waals surface area contributed by atoms with Crippen molar-refractivity contribution in [1.82, 2.24) is 5.32 Å². The summed E-state index contributed by atoms with van der Waals surface area (Å²) >= 11 is 0. The number of amides is 1. The van der Waals surface area contributed by atoms with Crippen LogP contribution in [0.5, 0.6) is 5.75 Å². The first kappa shape index (κ1) is 18.0. The molecule has 0 aliphatic heterocycles. The fraction of sp³-hybridized carbons (Fsp3) is 0.350. The average molecular weight is 327 g/mol. The minimum atomic E-state index is -0.0623. The summed E-state index contributed by atoms with van der Waals surface area (Å²) in [6.07, 6.45) is 0.954. The maximum atomic E-state index is 12.2. The van der Waals surface area contributed by atoms with Crippen LogP contribution in [-0.4, -0.2) is 25.7 Å². The molecule has 2 aromatic carbocycles. The Bertz CT molecular complexity index is 650. The van der Waals surface area contributed by atoms with Gasteiger partial charge in [-0.25, -0.2) is 0 Å². The minimum absolute atomic E-state index is 0.0623. The Labute approximate surface area is 143 Å². The number of benzene rings is 2. The molecule has 4 heteroatoms. The zero-order valence-electron chi connectivity index (χ0n) is 14.5. The van der Waals surface area contributed by atoms with Crippen molar-refractivity contribution < 1.29 is 14.3 Å². The molecule has 0 aliphatic carbocycles. The van der Waals surface area contributed by atoms with Gasteiger partial charge in [-0.2, -0.15) is 0 Å². The van der Waals surface area contributed by atoms with E-state index in [1.165, 1.54) is 5.56 Å². The van der Waals surface area contributed by atoms with Crippen LogP contribution >= 0.6 is 0 Å². The second kappa shape index (κ2) is 9.08. The molecule has 0 radical (unpaired) electrons. The third-order valence-electron chi connectivity index (χ3n) is 3.49. The third kappa shape index (κ3) is 5.70. The molecular formula is C20H25NO3. The molecule has 0 bridgehead atoms. The fourth-order valence-electron chi connectivity index (χ4n) is 2.40. The summed E-state index contributed by atoms with van der Waals surface area (Å²) in [5.74, 6) is 0.806. The topological polar surface area (TPSA) is 47.6 Å². The number of nitrogens with one attached hydrogen (secondary N) is 1. The molecule has 0 saturated carbocycles. The Kier molecular flexibility index (Phi) is 6.82. The van der Waals surface area contributed by atoms with Crippen molar-refractivity contribution in [3.05, 3.63) is 65.2 Å². The lowest BCUT2D eigenvalue weighted by atomic mass is 10.1. The van der Waals surface area contributed by atoms with Gasteiger partial charge in [0.1, 0.15) is 5.75 Å². The molecule has 4 nitrogen and oxygen atoms in total. The number of methoxy groups -OCH3 is 1. The van der Waals surface area contributed by atoms with Crippen LogP contribution < -0.4 is 10.1 Å². The molecule has 2 rings (SSSR count). The molecule has 0 aliphatic rings. The second-order valence-electron chi connectivity index (χ2n) is 5.95. The van der Waals surface area contributed by atoms with Crippen molar-refractivity contribution in [2.24, 2.45) is 0 Å². The van der Waals surface area contributed by atoms with E-state index >= 15 is 0 Å². The van der Waals surface area contributed by atoms with Crippen molar-refractivity contribution in [3.8, 4) is 5.75 Å². The molecule has 0 atom stereocenters. The van der Waals surface area contributed by atoms with Gasteiger partial charge in [0.25, 0.3) is 5.91 Å². The van der Waals surface area contributed by atoms with Gasteiger partial charge in [-0.1, -0.05) is 24.3 Å². The van der Waals surface area contributed by atoms with Crippen LogP contribution in [0.2, 0.25) is 0 Å². The van der Waals surface area contributed by atoms with E-state index in [2.05, 4.69) is 5.32 Å². The van der Waals surface area contributed by atoms with Gasteiger partial charge < -0.3 is 14.8 Å². The normalized spacial score (nSPS) is 10.7. The standard InChI is InChI=1S/C20H25NO3/c1-15(2)24-19-9-7-16(8-10-19)11-12-21-20(22)18-6-4-5-17(13-18)14-23-3/h4-10,13,15H,11-12,14H2,1-3H3,(H,21,22). The van der Waals surface area contributed by atoms with Crippen LogP contribution in [0, 0.1) is 0 Å². The number of hydrogen-bond donors (Lipinski definition) is 1. The van der Waals surface area contributed by atoms with Crippen LogP contribution in [0.25, 0.3) is 0 Å². The molecule has 0 aromatic heterocycles. The Balaban J connectivity index is 1.83. The van der Waals surface area contributed by atoms with Crippen molar-refractivity contribution in [1.29, 1.82) is 0 Å². The van der Waals surface area contributed by atoms with Gasteiger partial charge in [-0.3, -0.25) is 4.79 Å². The van der Waals surface area contributed by atoms with Crippen LogP contribution in [0.15, 0.2) is 48.5 Å². The number of carbonyl (C=O) groups excluding carboxylic acids is 1. The molecular weight excluding hydrogens is 302 g/mol. The quantitative estimate of drug-likeness (QED) is 0.806. The maximum absolute atomic E-state index is 12.2. The predicted octanol–water partition coefficient (Wildman–Crippen LogP) is 3.59. The first-order valence-electron chi connectivity index (χ1n) is 8.20. The SMILES string of the molecule is COCc1cccc(C(=O)NCCc2ccc(OC(C)C)cc2)c1. The summed E-state index contributed by atoms with van der Waals surface area (Å²) in [7, 11) is 1.64. The lowest BCUT2D eigenvalue weighted by Crippen LogP contribution is -2.25. The van der Waals surface area contributed by atoms with Gasteiger partial charge in [0.15, 0.2) is 0 Å². The van der Waals surface area contributed by atoms with Crippen LogP contribution in [0.3, 0.4) is 0 Å². The van der Waals surface area contributed by atoms with Gasteiger partial charge in [0.05, 0.1) is 12.7 Å². The van der Waals surface area contributed by atoms with Gasteiger partial charge >= 0.3 is 0 Å². The van der Waals surface area contributed by atoms with Crippen LogP contribution in [0.4, 0.5) is 0 Å². The molecule has 0 heterocycles. The van der Waals surface area contributed by atoms with E-state index in [0.717, 1.165) is 17.7 Å². The Morgan fingerprint density at radius 1 is 1.08 bits per heavy atom. The number of carbonyl (C=O) groups is 1. The molecule has 2 aromatic rings. The highest BCUT2D eigenvalue weighted by Gasteiger charge is 2.06. The smallest absolute Gasteiger partial charge is 0.251 e. The second-order valence-corrected chi connectivity index (χ2v) is 5.95. The average Bonchev–Trinajstić information content (AvgIpc) is 2.56. The van der Waals surface area contributed by atoms with Gasteiger partial charge in [-0.15, -0.1) is 0 Å². The van der Waals surface area contributed by atoms with E-state index in [4.69, 9.17) is 9.47 Å². The molecule has 0 spiro atoms. The Morgan fingerprint density at radius 3 is 2.50 bits per heavy atom. The number of rotatable bonds is 8. The minimum Gasteiger partial charge on any atom is -0.491 e. The molecule has 0 unspecified atom stereocenters. The predicted molar refractivity (Wildman–Crippen MR) is 95.4 cm³/mol. The number of hydrogen-bond acceptors (Lipinski definition) is 3. The van der Waals surface area contributed by atoms with E-state index in [9.17, 15) is 4.79 Å². The third-order valence-corrected chi connectivity index (χ3v) is 3.49. The summed E-state index contributed by atoms with van der Waals surface area (Å²) in [5.41, 5.74) is 2.82. The van der Waals surface area contributed by atoms with Crippen LogP contribution in [-0.2, 0) is 17.8 Å². The van der Waals surface area contributed by atoms with Gasteiger partial charge in [-0.05, 0) is 55.7 Å². The highest BCUT2D eigenvalue weighted by Crippen LogP contribution is 2.14. The fourth-order valence-corrected chi connectivity index (χ4v) is 2.40. The molecule has 128 valence electrons. The van der Waals surface area contributed by atoms with Gasteiger partial charge in [0.2, 0.25) is 0 Å². The summed E-state index contributed by atoms with van der Waals surface area (Å²) in [4.78, 5) is 12.2. The Hall–Kier alpha value is -2.33. The van der Waals surface area contributed by atoms with E-state index < -0.39 is 0 Å². The maximum Gasteiger partial charge on any atom is 0.251 e. The zero-order chi connectivity index (χ0) is 17.4. The van der Waals surface area contributed by atoms with E-state index in [0.29, 0.717) is 18.7 Å². The monoisotopic (exact) mass is 327 g/mol. The van der Waals surface area contributed by atoms with Crippen molar-refractivity contribution in [2.45, 2.75) is 33.0 Å². The largest absolute Gasteiger partial charge is 0.491 e. The zero-order valence-corrected chi connectivity index (χ0v) is 14.5. The van der Waals surface area contributed by atoms with Crippen LogP contribution in [0.1, 0.15) is 35.3 Å². The summed E-state index contributed by atoms with van der Waals surface area (Å²) < 4.78 is 10.7. The summed E-state index contributed by atoms with van der Waals surface area (Å²) in [6, 6.07) is 15.5. The van der Waals surface area contributed by atoms with E-state index in [-0.39, 0.29) is 12.0 Å². The highest BCUT2D eigenvalue weighted by atomic mass is 16.5. The van der Waals surface area contributed by atoms with Crippen molar-refractivity contribution in [3.63, 3.8) is 0 Å². The molecule has 1 amide bonds. The van der Waals surface area contributed by atoms with Crippen molar-refractivity contribution >= 4 is 5.91 Å². The van der Waals surface area contributed by atoms with E-state index in [1.54, 1.807) is 7.11 Å². The lowest BCUT2D eigenvalue weighted by Gasteiger charge is -2.10. The molecule has 0 fully saturated rings. The van der Waals surface area contributed by atoms with E-state index in [1.807, 2.05) is 62.4 Å². The molecule has 0 saturated heterocycles. The summed E-state index contributed by atoms with van der Waals surface area (Å²) in [6.45, 7) is 5.11. The van der Waals surface area contributed by atoms with Gasteiger partial charge in [0, 0.05) is 19.2 Å². The first-order chi connectivity index (χ1) is 11.6. The lowest BCUT2D eigenvalue weighted by molar-refractivity contribution is 0.0953. The Morgan fingerprint density at radius 2 is 1.83 bits per heavy atom. The number of ether oxygens (including phenoxy) is 2. The highest BCUT2D eigenvalue weighted by molar-refractivity contribution is 5.94. The summed E-state index contributed by atoms with van der Waals surface area (Å²) in [5, 5.41) is 2.95. The molecule has 1 N–H and O–H groups in total. The first-order valence-corrected chi connectivity index (χ1v) is 8.20. The molecule has 24 heavy (non-hydrogen) atoms.